The maximum atomic E-state index is 12.3. The maximum absolute atomic E-state index is 12.3. The first-order chi connectivity index (χ1) is 8.39. The van der Waals surface area contributed by atoms with E-state index in [9.17, 15) is 9.59 Å². The van der Waals surface area contributed by atoms with Crippen LogP contribution in [0.1, 0.15) is 55.5 Å². The van der Waals surface area contributed by atoms with E-state index >= 15 is 0 Å². The topological polar surface area (TPSA) is 37.4 Å². The third kappa shape index (κ3) is 1.43. The summed E-state index contributed by atoms with van der Waals surface area (Å²) in [4.78, 5) is 26.1. The number of hydrogen-bond acceptors (Lipinski definition) is 2. The fourth-order valence-corrected chi connectivity index (χ4v) is 3.20. The minimum Gasteiger partial charge on any atom is -0.307 e. The first-order valence-electron chi connectivity index (χ1n) is 6.39. The number of rotatable bonds is 0. The SMILES string of the molecule is CC(C)(C)N1C(=O)CC2CC(=O)c3cccc1c32. The molecule has 1 heterocycles. The molecule has 0 radical (unpaired) electrons. The highest BCUT2D eigenvalue weighted by atomic mass is 16.2. The minimum atomic E-state index is -0.247. The van der Waals surface area contributed by atoms with E-state index in [1.54, 1.807) is 0 Å². The lowest BCUT2D eigenvalue weighted by molar-refractivity contribution is -0.120. The van der Waals surface area contributed by atoms with Crippen LogP contribution in [0.2, 0.25) is 0 Å². The molecule has 0 spiro atoms. The van der Waals surface area contributed by atoms with Gasteiger partial charge >= 0.3 is 0 Å². The number of benzene rings is 1. The number of Topliss-reactive ketones (excluding diaryl/α,β-unsaturated/α-hetero) is 1. The monoisotopic (exact) mass is 243 g/mol. The van der Waals surface area contributed by atoms with Gasteiger partial charge in [0.25, 0.3) is 0 Å². The molecule has 3 nitrogen and oxygen atoms in total. The quantitative estimate of drug-likeness (QED) is 0.702. The third-order valence-electron chi connectivity index (χ3n) is 3.81. The van der Waals surface area contributed by atoms with Crippen molar-refractivity contribution in [1.29, 1.82) is 0 Å². The lowest BCUT2D eigenvalue weighted by atomic mass is 9.88. The van der Waals surface area contributed by atoms with E-state index in [-0.39, 0.29) is 23.1 Å². The largest absolute Gasteiger partial charge is 0.307 e. The van der Waals surface area contributed by atoms with Crippen molar-refractivity contribution in [3.63, 3.8) is 0 Å². The van der Waals surface area contributed by atoms with Crippen LogP contribution < -0.4 is 4.90 Å². The van der Waals surface area contributed by atoms with Crippen molar-refractivity contribution in [3.8, 4) is 0 Å². The fourth-order valence-electron chi connectivity index (χ4n) is 3.20. The molecule has 94 valence electrons. The molecule has 1 aliphatic carbocycles. The Bertz CT molecular complexity index is 554. The van der Waals surface area contributed by atoms with Gasteiger partial charge in [-0.2, -0.15) is 0 Å². The number of carbonyl (C=O) groups is 2. The molecule has 3 rings (SSSR count). The Morgan fingerprint density at radius 1 is 1.17 bits per heavy atom. The number of anilines is 1. The van der Waals surface area contributed by atoms with Crippen molar-refractivity contribution in [2.45, 2.75) is 45.1 Å². The van der Waals surface area contributed by atoms with Gasteiger partial charge < -0.3 is 4.90 Å². The molecule has 18 heavy (non-hydrogen) atoms. The smallest absolute Gasteiger partial charge is 0.228 e. The van der Waals surface area contributed by atoms with Crippen LogP contribution in [-0.2, 0) is 4.79 Å². The number of ketones is 1. The summed E-state index contributed by atoms with van der Waals surface area (Å²) in [6.07, 6.45) is 0.961. The van der Waals surface area contributed by atoms with Crippen LogP contribution in [0.3, 0.4) is 0 Å². The first kappa shape index (κ1) is 11.5. The highest BCUT2D eigenvalue weighted by Gasteiger charge is 2.42. The van der Waals surface area contributed by atoms with Crippen LogP contribution in [0.5, 0.6) is 0 Å². The van der Waals surface area contributed by atoms with Crippen LogP contribution in [0.25, 0.3) is 0 Å². The van der Waals surface area contributed by atoms with E-state index in [2.05, 4.69) is 0 Å². The summed E-state index contributed by atoms with van der Waals surface area (Å²) >= 11 is 0. The van der Waals surface area contributed by atoms with Gasteiger partial charge in [0.2, 0.25) is 5.91 Å². The number of nitrogens with zero attached hydrogens (tertiary/aromatic N) is 1. The van der Waals surface area contributed by atoms with E-state index < -0.39 is 0 Å². The van der Waals surface area contributed by atoms with Crippen molar-refractivity contribution in [2.75, 3.05) is 4.90 Å². The molecule has 0 saturated heterocycles. The van der Waals surface area contributed by atoms with Crippen LogP contribution in [0.15, 0.2) is 18.2 Å². The van der Waals surface area contributed by atoms with Crippen LogP contribution >= 0.6 is 0 Å². The summed E-state index contributed by atoms with van der Waals surface area (Å²) in [5.41, 5.74) is 2.60. The van der Waals surface area contributed by atoms with Gasteiger partial charge in [-0.05, 0) is 32.4 Å². The Hall–Kier alpha value is -1.64. The summed E-state index contributed by atoms with van der Waals surface area (Å²) in [6, 6.07) is 5.73. The standard InChI is InChI=1S/C15H17NO2/c1-15(2,3)16-11-6-4-5-10-12(17)7-9(14(10)11)8-13(16)18/h4-6,9H,7-8H2,1-3H3. The zero-order chi connectivity index (χ0) is 13.1. The van der Waals surface area contributed by atoms with E-state index in [1.807, 2.05) is 43.9 Å². The van der Waals surface area contributed by atoms with Gasteiger partial charge in [-0.3, -0.25) is 9.59 Å². The molecule has 0 saturated carbocycles. The van der Waals surface area contributed by atoms with Gasteiger partial charge in [-0.15, -0.1) is 0 Å². The molecule has 1 amide bonds. The lowest BCUT2D eigenvalue weighted by Gasteiger charge is -2.41. The van der Waals surface area contributed by atoms with Crippen molar-refractivity contribution in [1.82, 2.24) is 0 Å². The molecule has 3 heteroatoms. The van der Waals surface area contributed by atoms with Gasteiger partial charge in [0.15, 0.2) is 5.78 Å². The minimum absolute atomic E-state index is 0.106. The molecule has 1 aromatic rings. The van der Waals surface area contributed by atoms with Crippen LogP contribution in [0.4, 0.5) is 5.69 Å². The number of amides is 1. The van der Waals surface area contributed by atoms with Crippen LogP contribution in [0, 0.1) is 0 Å². The number of carbonyl (C=O) groups excluding carboxylic acids is 2. The zero-order valence-electron chi connectivity index (χ0n) is 11.0. The summed E-state index contributed by atoms with van der Waals surface area (Å²) in [5.74, 6) is 0.419. The average molecular weight is 243 g/mol. The zero-order valence-corrected chi connectivity index (χ0v) is 11.0. The summed E-state index contributed by atoms with van der Waals surface area (Å²) in [6.45, 7) is 6.09. The Morgan fingerprint density at radius 3 is 2.56 bits per heavy atom. The van der Waals surface area contributed by atoms with E-state index in [1.165, 1.54) is 0 Å². The van der Waals surface area contributed by atoms with Crippen LogP contribution in [-0.4, -0.2) is 17.2 Å². The molecule has 0 aromatic heterocycles. The summed E-state index contributed by atoms with van der Waals surface area (Å²) in [5, 5.41) is 0. The predicted molar refractivity (Wildman–Crippen MR) is 70.0 cm³/mol. The molecule has 1 aromatic carbocycles. The Balaban J connectivity index is 2.24. The number of hydrogen-bond donors (Lipinski definition) is 0. The maximum Gasteiger partial charge on any atom is 0.228 e. The highest BCUT2D eigenvalue weighted by Crippen LogP contribution is 2.47. The fraction of sp³-hybridized carbons (Fsp3) is 0.467. The predicted octanol–water partition coefficient (Wildman–Crippen LogP) is 2.89. The van der Waals surface area contributed by atoms with E-state index in [4.69, 9.17) is 0 Å². The Kier molecular flexibility index (Phi) is 2.19. The van der Waals surface area contributed by atoms with E-state index in [0.29, 0.717) is 12.8 Å². The molecule has 0 N–H and O–H groups in total. The average Bonchev–Trinajstić information content (AvgIpc) is 2.55. The van der Waals surface area contributed by atoms with E-state index in [0.717, 1.165) is 16.8 Å². The molecule has 1 aliphatic heterocycles. The Morgan fingerprint density at radius 2 is 1.89 bits per heavy atom. The highest BCUT2D eigenvalue weighted by molar-refractivity contribution is 6.08. The second kappa shape index (κ2) is 3.44. The van der Waals surface area contributed by atoms with Crippen molar-refractivity contribution < 1.29 is 9.59 Å². The van der Waals surface area contributed by atoms with Gasteiger partial charge in [0.05, 0.1) is 0 Å². The molecule has 2 aliphatic rings. The van der Waals surface area contributed by atoms with Crippen molar-refractivity contribution in [3.05, 3.63) is 29.3 Å². The molecule has 1 unspecified atom stereocenters. The summed E-state index contributed by atoms with van der Waals surface area (Å²) in [7, 11) is 0. The van der Waals surface area contributed by atoms with Gasteiger partial charge in [0.1, 0.15) is 0 Å². The van der Waals surface area contributed by atoms with Gasteiger partial charge in [0, 0.05) is 35.5 Å². The second-order valence-corrected chi connectivity index (χ2v) is 6.17. The summed E-state index contributed by atoms with van der Waals surface area (Å²) < 4.78 is 0. The van der Waals surface area contributed by atoms with Gasteiger partial charge in [-0.25, -0.2) is 0 Å². The first-order valence-corrected chi connectivity index (χ1v) is 6.39. The van der Waals surface area contributed by atoms with Crippen molar-refractivity contribution in [2.24, 2.45) is 0 Å². The molecule has 1 atom stereocenters. The molecular formula is C15H17NO2. The lowest BCUT2D eigenvalue weighted by Crippen LogP contribution is -2.48. The molecule has 0 bridgehead atoms. The molecular weight excluding hydrogens is 226 g/mol. The Labute approximate surface area is 107 Å². The normalized spacial score (nSPS) is 22.4. The van der Waals surface area contributed by atoms with Crippen molar-refractivity contribution >= 4 is 17.4 Å². The third-order valence-corrected chi connectivity index (χ3v) is 3.81. The van der Waals surface area contributed by atoms with Gasteiger partial charge in [-0.1, -0.05) is 12.1 Å². The second-order valence-electron chi connectivity index (χ2n) is 6.17. The molecule has 0 fully saturated rings.